The molecule has 2 atom stereocenters. The van der Waals surface area contributed by atoms with Gasteiger partial charge in [-0.3, -0.25) is 14.5 Å². The summed E-state index contributed by atoms with van der Waals surface area (Å²) in [7, 11) is 0. The second-order valence-electron chi connectivity index (χ2n) is 9.99. The van der Waals surface area contributed by atoms with Gasteiger partial charge in [0.2, 0.25) is 5.91 Å². The lowest BCUT2D eigenvalue weighted by Gasteiger charge is -2.57. The van der Waals surface area contributed by atoms with Crippen LogP contribution in [0.2, 0.25) is 0 Å². The van der Waals surface area contributed by atoms with Gasteiger partial charge in [-0.25, -0.2) is 0 Å². The molecule has 168 valence electrons. The molecule has 2 unspecified atom stereocenters. The monoisotopic (exact) mass is 423 g/mol. The maximum atomic E-state index is 12.7. The van der Waals surface area contributed by atoms with Crippen LogP contribution in [0.15, 0.2) is 42.0 Å². The maximum absolute atomic E-state index is 12.7. The van der Waals surface area contributed by atoms with Crippen LogP contribution in [-0.2, 0) is 4.79 Å². The van der Waals surface area contributed by atoms with Gasteiger partial charge in [-0.15, -0.1) is 0 Å². The molecule has 5 rings (SSSR count). The van der Waals surface area contributed by atoms with Crippen LogP contribution in [0.1, 0.15) is 50.4 Å². The lowest BCUT2D eigenvalue weighted by atomic mass is 9.49. The maximum Gasteiger partial charge on any atom is 0.253 e. The normalized spacial score (nSPS) is 24.9. The number of carbonyl (C=O) groups is 2. The Labute approximate surface area is 187 Å². The number of rotatable bonds is 7. The van der Waals surface area contributed by atoms with Crippen molar-refractivity contribution in [3.05, 3.63) is 47.5 Å². The minimum absolute atomic E-state index is 0.119. The average molecular weight is 424 g/mol. The van der Waals surface area contributed by atoms with Gasteiger partial charge >= 0.3 is 0 Å². The minimum atomic E-state index is 0.119. The Morgan fingerprint density at radius 2 is 1.81 bits per heavy atom. The van der Waals surface area contributed by atoms with Crippen molar-refractivity contribution in [2.75, 3.05) is 45.8 Å². The van der Waals surface area contributed by atoms with E-state index in [-0.39, 0.29) is 11.8 Å². The van der Waals surface area contributed by atoms with E-state index in [0.717, 1.165) is 57.3 Å². The molecule has 1 saturated heterocycles. The molecule has 1 aromatic rings. The summed E-state index contributed by atoms with van der Waals surface area (Å²) in [6.07, 6.45) is 5.44. The smallest absolute Gasteiger partial charge is 0.253 e. The van der Waals surface area contributed by atoms with E-state index in [4.69, 9.17) is 0 Å². The molecule has 1 saturated carbocycles. The van der Waals surface area contributed by atoms with Crippen molar-refractivity contribution >= 4 is 11.8 Å². The third-order valence-corrected chi connectivity index (χ3v) is 7.98. The van der Waals surface area contributed by atoms with Crippen LogP contribution in [0.4, 0.5) is 0 Å². The lowest BCUT2D eigenvalue weighted by molar-refractivity contribution is -0.131. The highest BCUT2D eigenvalue weighted by Crippen LogP contribution is 2.59. The standard InChI is InChI=1S/C26H37N3O2/c1-4-24(30)29(19-21-10-11-22-18-23(21)26(22,2)3)17-14-27-12-15-28(16-13-27)25(31)20-8-6-5-7-9-20/h5-10,22-23H,4,11-19H2,1-3H3. The topological polar surface area (TPSA) is 43.9 Å². The Morgan fingerprint density at radius 3 is 2.42 bits per heavy atom. The summed E-state index contributed by atoms with van der Waals surface area (Å²) < 4.78 is 0. The summed E-state index contributed by atoms with van der Waals surface area (Å²) in [6.45, 7) is 12.4. The molecule has 0 aromatic heterocycles. The zero-order valence-corrected chi connectivity index (χ0v) is 19.3. The lowest BCUT2D eigenvalue weighted by Crippen LogP contribution is -2.52. The van der Waals surface area contributed by atoms with Crippen LogP contribution in [0.3, 0.4) is 0 Å². The molecule has 5 nitrogen and oxygen atoms in total. The fourth-order valence-corrected chi connectivity index (χ4v) is 5.59. The molecule has 0 spiro atoms. The van der Waals surface area contributed by atoms with Crippen LogP contribution in [-0.4, -0.2) is 72.3 Å². The van der Waals surface area contributed by atoms with Crippen molar-refractivity contribution in [3.8, 4) is 0 Å². The summed E-state index contributed by atoms with van der Waals surface area (Å²) in [5.41, 5.74) is 2.64. The number of benzene rings is 1. The van der Waals surface area contributed by atoms with Crippen LogP contribution < -0.4 is 0 Å². The van der Waals surface area contributed by atoms with Crippen LogP contribution in [0.5, 0.6) is 0 Å². The van der Waals surface area contributed by atoms with Gasteiger partial charge in [0.05, 0.1) is 0 Å². The van der Waals surface area contributed by atoms with Gasteiger partial charge in [0.25, 0.3) is 5.91 Å². The summed E-state index contributed by atoms with van der Waals surface area (Å²) in [4.78, 5) is 31.7. The molecule has 2 amide bonds. The zero-order valence-electron chi connectivity index (χ0n) is 19.3. The zero-order chi connectivity index (χ0) is 22.0. The molecule has 2 bridgehead atoms. The van der Waals surface area contributed by atoms with Gasteiger partial charge in [0.1, 0.15) is 0 Å². The van der Waals surface area contributed by atoms with E-state index in [0.29, 0.717) is 17.8 Å². The number of amides is 2. The second kappa shape index (κ2) is 9.15. The van der Waals surface area contributed by atoms with Gasteiger partial charge in [0.15, 0.2) is 0 Å². The number of hydrogen-bond donors (Lipinski definition) is 0. The van der Waals surface area contributed by atoms with Gasteiger partial charge in [-0.1, -0.05) is 50.6 Å². The average Bonchev–Trinajstić information content (AvgIpc) is 2.81. The minimum Gasteiger partial charge on any atom is -0.337 e. The molecule has 1 aromatic carbocycles. The van der Waals surface area contributed by atoms with Crippen molar-refractivity contribution in [1.29, 1.82) is 0 Å². The Morgan fingerprint density at radius 1 is 1.10 bits per heavy atom. The Hall–Kier alpha value is -2.14. The van der Waals surface area contributed by atoms with Crippen LogP contribution in [0.25, 0.3) is 0 Å². The third kappa shape index (κ3) is 4.57. The van der Waals surface area contributed by atoms with E-state index in [9.17, 15) is 9.59 Å². The second-order valence-corrected chi connectivity index (χ2v) is 9.99. The predicted molar refractivity (Wildman–Crippen MR) is 124 cm³/mol. The van der Waals surface area contributed by atoms with Crippen molar-refractivity contribution in [3.63, 3.8) is 0 Å². The summed E-state index contributed by atoms with van der Waals surface area (Å²) in [5, 5.41) is 0. The van der Waals surface area contributed by atoms with Crippen LogP contribution in [0, 0.1) is 17.3 Å². The van der Waals surface area contributed by atoms with E-state index in [1.165, 1.54) is 18.4 Å². The first-order valence-corrected chi connectivity index (χ1v) is 11.9. The molecular formula is C26H37N3O2. The van der Waals surface area contributed by atoms with Crippen LogP contribution >= 0.6 is 0 Å². The predicted octanol–water partition coefficient (Wildman–Crippen LogP) is 3.68. The fourth-order valence-electron chi connectivity index (χ4n) is 5.59. The van der Waals surface area contributed by atoms with E-state index >= 15 is 0 Å². The first-order valence-electron chi connectivity index (χ1n) is 11.9. The highest BCUT2D eigenvalue weighted by atomic mass is 16.2. The molecule has 31 heavy (non-hydrogen) atoms. The Balaban J connectivity index is 1.28. The summed E-state index contributed by atoms with van der Waals surface area (Å²) in [5.74, 6) is 1.84. The molecule has 1 heterocycles. The van der Waals surface area contributed by atoms with E-state index in [2.05, 4.69) is 29.7 Å². The van der Waals surface area contributed by atoms with E-state index in [1.54, 1.807) is 0 Å². The molecule has 2 fully saturated rings. The van der Waals surface area contributed by atoms with E-state index < -0.39 is 0 Å². The quantitative estimate of drug-likeness (QED) is 0.629. The number of allylic oxidation sites excluding steroid dienone is 1. The van der Waals surface area contributed by atoms with Crippen molar-refractivity contribution in [1.82, 2.24) is 14.7 Å². The highest BCUT2D eigenvalue weighted by molar-refractivity contribution is 5.94. The molecule has 0 N–H and O–H groups in total. The summed E-state index contributed by atoms with van der Waals surface area (Å²) in [6, 6.07) is 9.53. The Bertz CT molecular complexity index is 824. The van der Waals surface area contributed by atoms with Crippen molar-refractivity contribution < 1.29 is 9.59 Å². The number of hydrogen-bond acceptors (Lipinski definition) is 3. The van der Waals surface area contributed by atoms with Crippen molar-refractivity contribution in [2.45, 2.75) is 40.0 Å². The van der Waals surface area contributed by atoms with Gasteiger partial charge in [-0.05, 0) is 42.2 Å². The molecular weight excluding hydrogens is 386 g/mol. The van der Waals surface area contributed by atoms with Gasteiger partial charge < -0.3 is 9.80 Å². The highest BCUT2D eigenvalue weighted by Gasteiger charge is 2.51. The molecule has 4 aliphatic rings. The van der Waals surface area contributed by atoms with Crippen molar-refractivity contribution in [2.24, 2.45) is 17.3 Å². The SMILES string of the molecule is CCC(=O)N(CCN1CCN(C(=O)c2ccccc2)CC1)CC1=CCC2CC1C2(C)C. The third-order valence-electron chi connectivity index (χ3n) is 7.98. The molecule has 1 aliphatic heterocycles. The Kier molecular flexibility index (Phi) is 6.52. The first kappa shape index (κ1) is 22.1. The number of piperazine rings is 1. The number of carbonyl (C=O) groups excluding carboxylic acids is 2. The van der Waals surface area contributed by atoms with Gasteiger partial charge in [0, 0.05) is 57.8 Å². The molecule has 5 heteroatoms. The molecule has 3 aliphatic carbocycles. The summed E-state index contributed by atoms with van der Waals surface area (Å²) >= 11 is 0. The number of fused-ring (bicyclic) bond motifs is 1. The largest absolute Gasteiger partial charge is 0.337 e. The molecule has 0 radical (unpaired) electrons. The first-order chi connectivity index (χ1) is 14.9. The van der Waals surface area contributed by atoms with Gasteiger partial charge in [-0.2, -0.15) is 0 Å². The van der Waals surface area contributed by atoms with E-state index in [1.807, 2.05) is 42.2 Å². The fraction of sp³-hybridized carbons (Fsp3) is 0.615. The number of nitrogens with zero attached hydrogens (tertiary/aromatic N) is 3.